The van der Waals surface area contributed by atoms with Gasteiger partial charge in [-0.2, -0.15) is 0 Å². The second-order valence-electron chi connectivity index (χ2n) is 2.88. The van der Waals surface area contributed by atoms with Crippen molar-refractivity contribution in [2.45, 2.75) is 32.6 Å². The first kappa shape index (κ1) is 8.72. The van der Waals surface area contributed by atoms with Crippen molar-refractivity contribution in [1.82, 2.24) is 4.90 Å². The second kappa shape index (κ2) is 4.50. The van der Waals surface area contributed by atoms with Crippen LogP contribution in [0, 0.1) is 0 Å². The fourth-order valence-electron chi connectivity index (χ4n) is 1.34. The lowest BCUT2D eigenvalue weighted by Gasteiger charge is -2.17. The molecule has 2 heteroatoms. The van der Waals surface area contributed by atoms with E-state index < -0.39 is 0 Å². The molecular formula is C9H15NS. The molecule has 0 amide bonds. The molecule has 0 N–H and O–H groups in total. The molecule has 0 atom stereocenters. The van der Waals surface area contributed by atoms with Gasteiger partial charge in [0.05, 0.1) is 4.99 Å². The maximum absolute atomic E-state index is 5.25. The summed E-state index contributed by atoms with van der Waals surface area (Å²) in [6, 6.07) is 0. The molecule has 0 aromatic heterocycles. The van der Waals surface area contributed by atoms with Gasteiger partial charge in [-0.3, -0.25) is 0 Å². The molecule has 1 rings (SSSR count). The molecule has 1 aliphatic heterocycles. The van der Waals surface area contributed by atoms with Gasteiger partial charge in [0.25, 0.3) is 0 Å². The monoisotopic (exact) mass is 169 g/mol. The van der Waals surface area contributed by atoms with E-state index in [0.717, 1.165) is 18.0 Å². The number of allylic oxidation sites excluding steroid dienone is 1. The van der Waals surface area contributed by atoms with E-state index in [1.54, 1.807) is 0 Å². The number of hydrogen-bond donors (Lipinski definition) is 0. The zero-order valence-electron chi connectivity index (χ0n) is 7.05. The van der Waals surface area contributed by atoms with Crippen LogP contribution in [0.3, 0.4) is 0 Å². The lowest BCUT2D eigenvalue weighted by molar-refractivity contribution is 0.545. The molecule has 11 heavy (non-hydrogen) atoms. The van der Waals surface area contributed by atoms with Gasteiger partial charge in [0.15, 0.2) is 0 Å². The molecule has 0 radical (unpaired) electrons. The summed E-state index contributed by atoms with van der Waals surface area (Å²) in [6.07, 6.45) is 9.12. The van der Waals surface area contributed by atoms with Gasteiger partial charge in [0, 0.05) is 12.7 Å². The Balaban J connectivity index is 2.52. The minimum absolute atomic E-state index is 1.10. The van der Waals surface area contributed by atoms with Crippen molar-refractivity contribution >= 4 is 17.2 Å². The van der Waals surface area contributed by atoms with E-state index in [2.05, 4.69) is 17.2 Å². The number of thiocarbonyl (C=S) groups is 1. The van der Waals surface area contributed by atoms with Gasteiger partial charge in [-0.15, -0.1) is 0 Å². The number of rotatable bonds is 1. The highest BCUT2D eigenvalue weighted by molar-refractivity contribution is 7.80. The minimum Gasteiger partial charge on any atom is -0.343 e. The summed E-state index contributed by atoms with van der Waals surface area (Å²) in [5.74, 6) is 0. The highest BCUT2D eigenvalue weighted by Gasteiger charge is 2.09. The van der Waals surface area contributed by atoms with Crippen LogP contribution in [0.4, 0.5) is 0 Å². The molecule has 1 fully saturated rings. The third-order valence-electron chi connectivity index (χ3n) is 1.94. The topological polar surface area (TPSA) is 3.24 Å². The van der Waals surface area contributed by atoms with Gasteiger partial charge in [-0.1, -0.05) is 24.7 Å². The van der Waals surface area contributed by atoms with Crippen LogP contribution >= 0.6 is 12.2 Å². The largest absolute Gasteiger partial charge is 0.343 e. The summed E-state index contributed by atoms with van der Waals surface area (Å²) >= 11 is 5.25. The molecule has 0 aromatic carbocycles. The molecule has 0 unspecified atom stereocenters. The highest BCUT2D eigenvalue weighted by Crippen LogP contribution is 2.12. The lowest BCUT2D eigenvalue weighted by Crippen LogP contribution is -2.22. The Hall–Kier alpha value is -0.370. The molecule has 1 nitrogen and oxygen atoms in total. The van der Waals surface area contributed by atoms with Crippen LogP contribution in [-0.2, 0) is 0 Å². The zero-order valence-corrected chi connectivity index (χ0v) is 7.86. The van der Waals surface area contributed by atoms with Gasteiger partial charge in [0.1, 0.15) is 0 Å². The Kier molecular flexibility index (Phi) is 3.57. The molecule has 62 valence electrons. The van der Waals surface area contributed by atoms with E-state index in [-0.39, 0.29) is 0 Å². The average molecular weight is 169 g/mol. The Morgan fingerprint density at radius 3 is 2.91 bits per heavy atom. The SMILES string of the molecule is C/C=C/N1CCCCCC1=S. The predicted octanol–water partition coefficient (Wildman–Crippen LogP) is 2.72. The summed E-state index contributed by atoms with van der Waals surface area (Å²) in [7, 11) is 0. The Morgan fingerprint density at radius 1 is 1.36 bits per heavy atom. The Morgan fingerprint density at radius 2 is 2.18 bits per heavy atom. The van der Waals surface area contributed by atoms with Crippen molar-refractivity contribution in [3.63, 3.8) is 0 Å². The molecule has 0 aromatic rings. The van der Waals surface area contributed by atoms with Crippen LogP contribution in [0.15, 0.2) is 12.3 Å². The number of hydrogen-bond acceptors (Lipinski definition) is 1. The molecule has 0 bridgehead atoms. The Labute approximate surface area is 74.1 Å². The van der Waals surface area contributed by atoms with Crippen molar-refractivity contribution in [3.05, 3.63) is 12.3 Å². The summed E-state index contributed by atoms with van der Waals surface area (Å²) in [5.41, 5.74) is 0. The third kappa shape index (κ3) is 2.62. The first-order valence-corrected chi connectivity index (χ1v) is 4.67. The predicted molar refractivity (Wildman–Crippen MR) is 52.6 cm³/mol. The van der Waals surface area contributed by atoms with Crippen LogP contribution < -0.4 is 0 Å². The molecule has 1 aliphatic rings. The normalized spacial score (nSPS) is 20.8. The third-order valence-corrected chi connectivity index (χ3v) is 2.38. The fraction of sp³-hybridized carbons (Fsp3) is 0.667. The van der Waals surface area contributed by atoms with E-state index in [4.69, 9.17) is 12.2 Å². The lowest BCUT2D eigenvalue weighted by atomic mass is 10.2. The first-order chi connectivity index (χ1) is 5.34. The summed E-state index contributed by atoms with van der Waals surface area (Å²) in [5, 5.41) is 0. The van der Waals surface area contributed by atoms with E-state index in [0.29, 0.717) is 0 Å². The van der Waals surface area contributed by atoms with E-state index in [1.807, 2.05) is 6.92 Å². The summed E-state index contributed by atoms with van der Waals surface area (Å²) < 4.78 is 0. The second-order valence-corrected chi connectivity index (χ2v) is 3.35. The van der Waals surface area contributed by atoms with Crippen molar-refractivity contribution < 1.29 is 0 Å². The molecular weight excluding hydrogens is 154 g/mol. The van der Waals surface area contributed by atoms with Crippen molar-refractivity contribution in [3.8, 4) is 0 Å². The van der Waals surface area contributed by atoms with Crippen molar-refractivity contribution in [2.75, 3.05) is 6.54 Å². The molecule has 1 saturated heterocycles. The molecule has 1 heterocycles. The molecule has 0 saturated carbocycles. The highest BCUT2D eigenvalue weighted by atomic mass is 32.1. The quantitative estimate of drug-likeness (QED) is 0.555. The molecule has 0 spiro atoms. The smallest absolute Gasteiger partial charge is 0.0818 e. The van der Waals surface area contributed by atoms with Crippen LogP contribution in [0.5, 0.6) is 0 Å². The Bertz CT molecular complexity index is 163. The first-order valence-electron chi connectivity index (χ1n) is 4.27. The standard InChI is InChI=1S/C9H15NS/c1-2-7-10-8-5-3-4-6-9(10)11/h2,7H,3-6,8H2,1H3/b7-2+. The summed E-state index contributed by atoms with van der Waals surface area (Å²) in [6.45, 7) is 3.15. The van der Waals surface area contributed by atoms with Crippen molar-refractivity contribution in [1.29, 1.82) is 0 Å². The van der Waals surface area contributed by atoms with Crippen LogP contribution in [0.25, 0.3) is 0 Å². The summed E-state index contributed by atoms with van der Waals surface area (Å²) in [4.78, 5) is 3.31. The van der Waals surface area contributed by atoms with Crippen molar-refractivity contribution in [2.24, 2.45) is 0 Å². The maximum atomic E-state index is 5.25. The maximum Gasteiger partial charge on any atom is 0.0818 e. The van der Waals surface area contributed by atoms with Gasteiger partial charge in [-0.05, 0) is 26.2 Å². The minimum atomic E-state index is 1.10. The zero-order chi connectivity index (χ0) is 8.10. The van der Waals surface area contributed by atoms with Gasteiger partial charge < -0.3 is 4.90 Å². The van der Waals surface area contributed by atoms with Gasteiger partial charge in [-0.25, -0.2) is 0 Å². The van der Waals surface area contributed by atoms with Gasteiger partial charge >= 0.3 is 0 Å². The number of nitrogens with zero attached hydrogens (tertiary/aromatic N) is 1. The van der Waals surface area contributed by atoms with Gasteiger partial charge in [0.2, 0.25) is 0 Å². The van der Waals surface area contributed by atoms with E-state index in [1.165, 1.54) is 19.3 Å². The van der Waals surface area contributed by atoms with Crippen LogP contribution in [0.1, 0.15) is 32.6 Å². The average Bonchev–Trinajstić information content (AvgIpc) is 2.18. The van der Waals surface area contributed by atoms with Crippen LogP contribution in [0.2, 0.25) is 0 Å². The molecule has 0 aliphatic carbocycles. The van der Waals surface area contributed by atoms with E-state index in [9.17, 15) is 0 Å². The van der Waals surface area contributed by atoms with E-state index >= 15 is 0 Å². The number of likely N-dealkylation sites (tertiary alicyclic amines) is 1. The fourth-order valence-corrected chi connectivity index (χ4v) is 1.64. The van der Waals surface area contributed by atoms with Crippen LogP contribution in [-0.4, -0.2) is 16.4 Å².